The molecule has 0 aliphatic heterocycles. The molecule has 0 aliphatic carbocycles. The van der Waals surface area contributed by atoms with E-state index in [0.717, 1.165) is 18.7 Å². The van der Waals surface area contributed by atoms with Crippen molar-refractivity contribution >= 4 is 17.3 Å². The molecule has 1 aromatic carbocycles. The first-order chi connectivity index (χ1) is 9.58. The summed E-state index contributed by atoms with van der Waals surface area (Å²) in [6, 6.07) is 8.96. The molecule has 1 heterocycles. The van der Waals surface area contributed by atoms with Crippen molar-refractivity contribution < 1.29 is 9.90 Å². The summed E-state index contributed by atoms with van der Waals surface area (Å²) < 4.78 is 0. The number of aromatic carboxylic acids is 1. The third-order valence-corrected chi connectivity index (χ3v) is 3.19. The Kier molecular flexibility index (Phi) is 4.20. The van der Waals surface area contributed by atoms with Crippen LogP contribution in [0.3, 0.4) is 0 Å². The highest BCUT2D eigenvalue weighted by molar-refractivity contribution is 5.94. The first-order valence-electron chi connectivity index (χ1n) is 6.31. The van der Waals surface area contributed by atoms with Gasteiger partial charge in [0.1, 0.15) is 0 Å². The molecule has 2 rings (SSSR count). The highest BCUT2D eigenvalue weighted by Crippen LogP contribution is 2.21. The molecule has 1 aromatic heterocycles. The summed E-state index contributed by atoms with van der Waals surface area (Å²) in [5.41, 5.74) is 8.28. The summed E-state index contributed by atoms with van der Waals surface area (Å²) in [5.74, 6) is -1.01. The van der Waals surface area contributed by atoms with Crippen LogP contribution < -0.4 is 10.6 Å². The molecule has 0 aliphatic rings. The van der Waals surface area contributed by atoms with E-state index in [2.05, 4.69) is 4.98 Å². The molecule has 5 nitrogen and oxygen atoms in total. The Bertz CT molecular complexity index is 599. The van der Waals surface area contributed by atoms with Crippen molar-refractivity contribution in [1.82, 2.24) is 4.98 Å². The number of benzene rings is 1. The van der Waals surface area contributed by atoms with Crippen molar-refractivity contribution in [2.24, 2.45) is 0 Å². The molecule has 0 unspecified atom stereocenters. The molecule has 104 valence electrons. The van der Waals surface area contributed by atoms with Crippen molar-refractivity contribution in [3.8, 4) is 0 Å². The van der Waals surface area contributed by atoms with Gasteiger partial charge in [0.15, 0.2) is 0 Å². The quantitative estimate of drug-likeness (QED) is 0.813. The number of hydrogen-bond donors (Lipinski definition) is 2. The molecule has 3 N–H and O–H groups in total. The number of rotatable bonds is 5. The maximum Gasteiger partial charge on any atom is 0.337 e. The van der Waals surface area contributed by atoms with E-state index in [1.54, 1.807) is 24.5 Å². The number of nitrogens with zero attached hydrogens (tertiary/aromatic N) is 2. The minimum Gasteiger partial charge on any atom is -0.478 e. The Balaban J connectivity index is 2.04. The topological polar surface area (TPSA) is 79.5 Å². The number of anilines is 2. The number of pyridine rings is 1. The van der Waals surface area contributed by atoms with Gasteiger partial charge in [0.25, 0.3) is 0 Å². The van der Waals surface area contributed by atoms with Gasteiger partial charge in [-0.25, -0.2) is 4.79 Å². The highest BCUT2D eigenvalue weighted by Gasteiger charge is 2.09. The Labute approximate surface area is 117 Å². The second-order valence-corrected chi connectivity index (χ2v) is 4.60. The number of aromatic nitrogens is 1. The van der Waals surface area contributed by atoms with Gasteiger partial charge in [0.05, 0.1) is 5.56 Å². The molecule has 0 spiro atoms. The molecule has 0 bridgehead atoms. The number of carbonyl (C=O) groups is 1. The van der Waals surface area contributed by atoms with Crippen molar-refractivity contribution in [3.63, 3.8) is 0 Å². The van der Waals surface area contributed by atoms with Crippen LogP contribution in [0.2, 0.25) is 0 Å². The zero-order valence-corrected chi connectivity index (χ0v) is 11.3. The van der Waals surface area contributed by atoms with Gasteiger partial charge in [-0.05, 0) is 42.3 Å². The molecule has 0 fully saturated rings. The Hall–Kier alpha value is -2.56. The lowest BCUT2D eigenvalue weighted by Crippen LogP contribution is -2.20. The number of nitrogens with two attached hydrogens (primary N) is 1. The maximum absolute atomic E-state index is 10.9. The van der Waals surface area contributed by atoms with Gasteiger partial charge in [-0.1, -0.05) is 0 Å². The van der Waals surface area contributed by atoms with Crippen LogP contribution in [0.15, 0.2) is 42.7 Å². The molecule has 20 heavy (non-hydrogen) atoms. The van der Waals surface area contributed by atoms with Crippen LogP contribution in [-0.4, -0.2) is 29.7 Å². The third-order valence-electron chi connectivity index (χ3n) is 3.19. The van der Waals surface area contributed by atoms with Gasteiger partial charge in [-0.2, -0.15) is 0 Å². The van der Waals surface area contributed by atoms with Crippen molar-refractivity contribution in [3.05, 3.63) is 53.9 Å². The summed E-state index contributed by atoms with van der Waals surface area (Å²) in [4.78, 5) is 16.9. The molecule has 5 heteroatoms. The molecule has 0 atom stereocenters. The summed E-state index contributed by atoms with van der Waals surface area (Å²) in [7, 11) is 1.95. The number of nitrogen functional groups attached to an aromatic ring is 1. The lowest BCUT2D eigenvalue weighted by Gasteiger charge is -2.20. The third kappa shape index (κ3) is 3.26. The first-order valence-corrected chi connectivity index (χ1v) is 6.31. The first kappa shape index (κ1) is 13.9. The van der Waals surface area contributed by atoms with Gasteiger partial charge in [0.2, 0.25) is 0 Å². The number of likely N-dealkylation sites (N-methyl/N-ethyl adjacent to an activating group) is 1. The molecule has 0 amide bonds. The standard InChI is InChI=1S/C15H17N3O2/c1-18(9-6-11-4-7-17-8-5-11)12-2-3-13(15(19)20)14(16)10-12/h2-5,7-8,10H,6,9,16H2,1H3,(H,19,20). The Morgan fingerprint density at radius 2 is 2.00 bits per heavy atom. The molecule has 0 saturated heterocycles. The van der Waals surface area contributed by atoms with Crippen LogP contribution in [0.25, 0.3) is 0 Å². The van der Waals surface area contributed by atoms with E-state index in [0.29, 0.717) is 0 Å². The number of carboxylic acids is 1. The average Bonchev–Trinajstić information content (AvgIpc) is 2.45. The second kappa shape index (κ2) is 6.06. The van der Waals surface area contributed by atoms with Crippen molar-refractivity contribution in [2.75, 3.05) is 24.2 Å². The van der Waals surface area contributed by atoms with E-state index in [-0.39, 0.29) is 11.3 Å². The molecular formula is C15H17N3O2. The average molecular weight is 271 g/mol. The maximum atomic E-state index is 10.9. The summed E-state index contributed by atoms with van der Waals surface area (Å²) in [5, 5.41) is 8.95. The highest BCUT2D eigenvalue weighted by atomic mass is 16.4. The fourth-order valence-corrected chi connectivity index (χ4v) is 1.96. The lowest BCUT2D eigenvalue weighted by atomic mass is 10.1. The van der Waals surface area contributed by atoms with Crippen molar-refractivity contribution in [1.29, 1.82) is 0 Å². The largest absolute Gasteiger partial charge is 0.478 e. The van der Waals surface area contributed by atoms with Crippen LogP contribution >= 0.6 is 0 Å². The van der Waals surface area contributed by atoms with E-state index in [9.17, 15) is 4.79 Å². The SMILES string of the molecule is CN(CCc1ccncc1)c1ccc(C(=O)O)c(N)c1. The van der Waals surface area contributed by atoms with Crippen molar-refractivity contribution in [2.45, 2.75) is 6.42 Å². The fourth-order valence-electron chi connectivity index (χ4n) is 1.96. The normalized spacial score (nSPS) is 10.2. The van der Waals surface area contributed by atoms with Gasteiger partial charge in [0, 0.05) is 37.4 Å². The number of hydrogen-bond acceptors (Lipinski definition) is 4. The molecule has 0 radical (unpaired) electrons. The van der Waals surface area contributed by atoms with E-state index < -0.39 is 5.97 Å². The predicted molar refractivity (Wildman–Crippen MR) is 79.0 cm³/mol. The van der Waals surface area contributed by atoms with Crippen LogP contribution in [0.1, 0.15) is 15.9 Å². The summed E-state index contributed by atoms with van der Waals surface area (Å²) in [6.45, 7) is 0.815. The minimum atomic E-state index is -1.01. The zero-order chi connectivity index (χ0) is 14.5. The number of carboxylic acid groups (broad SMARTS) is 1. The van der Waals surface area contributed by atoms with Crippen LogP contribution in [-0.2, 0) is 6.42 Å². The summed E-state index contributed by atoms with van der Waals surface area (Å²) in [6.07, 6.45) is 4.43. The monoisotopic (exact) mass is 271 g/mol. The zero-order valence-electron chi connectivity index (χ0n) is 11.3. The smallest absolute Gasteiger partial charge is 0.337 e. The Morgan fingerprint density at radius 1 is 1.30 bits per heavy atom. The van der Waals surface area contributed by atoms with E-state index in [1.165, 1.54) is 11.6 Å². The van der Waals surface area contributed by atoms with Gasteiger partial charge >= 0.3 is 5.97 Å². The molecular weight excluding hydrogens is 254 g/mol. The lowest BCUT2D eigenvalue weighted by molar-refractivity contribution is 0.0698. The van der Waals surface area contributed by atoms with Crippen LogP contribution in [0.5, 0.6) is 0 Å². The van der Waals surface area contributed by atoms with E-state index >= 15 is 0 Å². The van der Waals surface area contributed by atoms with Gasteiger partial charge in [-0.3, -0.25) is 4.98 Å². The molecule has 2 aromatic rings. The van der Waals surface area contributed by atoms with Gasteiger partial charge < -0.3 is 15.7 Å². The summed E-state index contributed by atoms with van der Waals surface area (Å²) >= 11 is 0. The van der Waals surface area contributed by atoms with Crippen LogP contribution in [0.4, 0.5) is 11.4 Å². The predicted octanol–water partition coefficient (Wildman–Crippen LogP) is 2.04. The van der Waals surface area contributed by atoms with E-state index in [1.807, 2.05) is 24.1 Å². The second-order valence-electron chi connectivity index (χ2n) is 4.60. The Morgan fingerprint density at radius 3 is 2.60 bits per heavy atom. The van der Waals surface area contributed by atoms with Crippen LogP contribution in [0, 0.1) is 0 Å². The fraction of sp³-hybridized carbons (Fsp3) is 0.200. The molecule has 0 saturated carbocycles. The van der Waals surface area contributed by atoms with Gasteiger partial charge in [-0.15, -0.1) is 0 Å². The van der Waals surface area contributed by atoms with E-state index in [4.69, 9.17) is 10.8 Å². The minimum absolute atomic E-state index is 0.135.